The van der Waals surface area contributed by atoms with Crippen molar-refractivity contribution in [3.63, 3.8) is 0 Å². The molecule has 1 nitrogen and oxygen atoms in total. The van der Waals surface area contributed by atoms with Crippen LogP contribution in [0.4, 0.5) is 0 Å². The number of aromatic nitrogens is 1. The van der Waals surface area contributed by atoms with Gasteiger partial charge in [0.2, 0.25) is 0 Å². The van der Waals surface area contributed by atoms with Gasteiger partial charge in [-0.25, -0.2) is 4.98 Å². The van der Waals surface area contributed by atoms with Crippen LogP contribution in [0.2, 0.25) is 5.15 Å². The highest BCUT2D eigenvalue weighted by atomic mass is 79.9. The SMILES string of the molecule is Clc1cc(Br)cc(CBr)n1. The molecule has 0 fully saturated rings. The van der Waals surface area contributed by atoms with Crippen LogP contribution in [0.15, 0.2) is 16.6 Å². The van der Waals surface area contributed by atoms with Crippen LogP contribution < -0.4 is 0 Å². The highest BCUT2D eigenvalue weighted by molar-refractivity contribution is 9.10. The van der Waals surface area contributed by atoms with Gasteiger partial charge in [-0.15, -0.1) is 0 Å². The van der Waals surface area contributed by atoms with E-state index in [0.29, 0.717) is 5.15 Å². The summed E-state index contributed by atoms with van der Waals surface area (Å²) in [5.74, 6) is 0. The van der Waals surface area contributed by atoms with Crippen molar-refractivity contribution in [2.75, 3.05) is 0 Å². The third-order valence-corrected chi connectivity index (χ3v) is 2.17. The molecule has 0 aliphatic carbocycles. The molecule has 0 aromatic carbocycles. The Kier molecular flexibility index (Phi) is 3.14. The van der Waals surface area contributed by atoms with E-state index in [0.717, 1.165) is 15.5 Å². The Hall–Kier alpha value is 0.400. The lowest BCUT2D eigenvalue weighted by Crippen LogP contribution is -1.84. The molecule has 0 saturated carbocycles. The van der Waals surface area contributed by atoms with Crippen LogP contribution in [0.25, 0.3) is 0 Å². The Labute approximate surface area is 81.1 Å². The zero-order valence-corrected chi connectivity index (χ0v) is 8.87. The standard InChI is InChI=1S/C6H4Br2ClN/c7-3-5-1-4(8)2-6(9)10-5/h1-2H,3H2. The Morgan fingerprint density at radius 2 is 2.20 bits per heavy atom. The van der Waals surface area contributed by atoms with Gasteiger partial charge in [0.15, 0.2) is 0 Å². The van der Waals surface area contributed by atoms with Gasteiger partial charge < -0.3 is 0 Å². The first-order valence-electron chi connectivity index (χ1n) is 2.60. The minimum absolute atomic E-state index is 0.517. The lowest BCUT2D eigenvalue weighted by atomic mass is 10.4. The van der Waals surface area contributed by atoms with Crippen LogP contribution >= 0.6 is 43.5 Å². The van der Waals surface area contributed by atoms with Crippen LogP contribution in [0.1, 0.15) is 5.69 Å². The van der Waals surface area contributed by atoms with Crippen molar-refractivity contribution in [2.24, 2.45) is 0 Å². The van der Waals surface area contributed by atoms with Gasteiger partial charge in [0.25, 0.3) is 0 Å². The second kappa shape index (κ2) is 3.69. The summed E-state index contributed by atoms with van der Waals surface area (Å²) in [6.45, 7) is 0. The third-order valence-electron chi connectivity index (χ3n) is 0.949. The number of pyridine rings is 1. The molecule has 0 aliphatic rings. The van der Waals surface area contributed by atoms with E-state index in [1.54, 1.807) is 6.07 Å². The normalized spacial score (nSPS) is 9.90. The van der Waals surface area contributed by atoms with Gasteiger partial charge in [-0.05, 0) is 12.1 Å². The fourth-order valence-electron chi connectivity index (χ4n) is 0.585. The van der Waals surface area contributed by atoms with Gasteiger partial charge in [0.05, 0.1) is 5.69 Å². The topological polar surface area (TPSA) is 12.9 Å². The molecule has 0 amide bonds. The fraction of sp³-hybridized carbons (Fsp3) is 0.167. The molecule has 4 heteroatoms. The molecule has 0 bridgehead atoms. The largest absolute Gasteiger partial charge is 0.240 e. The monoisotopic (exact) mass is 283 g/mol. The second-order valence-electron chi connectivity index (χ2n) is 1.73. The smallest absolute Gasteiger partial charge is 0.130 e. The van der Waals surface area contributed by atoms with Crippen molar-refractivity contribution in [2.45, 2.75) is 5.33 Å². The van der Waals surface area contributed by atoms with Crippen molar-refractivity contribution in [1.82, 2.24) is 4.98 Å². The summed E-state index contributed by atoms with van der Waals surface area (Å²) < 4.78 is 0.960. The van der Waals surface area contributed by atoms with E-state index in [1.165, 1.54) is 0 Å². The van der Waals surface area contributed by atoms with Gasteiger partial charge in [0, 0.05) is 9.80 Å². The maximum Gasteiger partial charge on any atom is 0.130 e. The summed E-state index contributed by atoms with van der Waals surface area (Å²) in [6, 6.07) is 3.67. The van der Waals surface area contributed by atoms with Crippen LogP contribution in [0.3, 0.4) is 0 Å². The predicted octanol–water partition coefficient (Wildman–Crippen LogP) is 3.39. The van der Waals surface area contributed by atoms with Crippen LogP contribution in [0.5, 0.6) is 0 Å². The van der Waals surface area contributed by atoms with Crippen LogP contribution in [-0.2, 0) is 5.33 Å². The molecule has 0 unspecified atom stereocenters. The Bertz CT molecular complexity index is 219. The Morgan fingerprint density at radius 1 is 1.50 bits per heavy atom. The van der Waals surface area contributed by atoms with Gasteiger partial charge in [0.1, 0.15) is 5.15 Å². The molecule has 1 heterocycles. The highest BCUT2D eigenvalue weighted by Gasteiger charge is 1.96. The minimum atomic E-state index is 0.517. The molecule has 0 saturated heterocycles. The molecule has 1 aromatic heterocycles. The van der Waals surface area contributed by atoms with E-state index in [4.69, 9.17) is 11.6 Å². The first-order valence-corrected chi connectivity index (χ1v) is 4.89. The summed E-state index contributed by atoms with van der Waals surface area (Å²) in [7, 11) is 0. The minimum Gasteiger partial charge on any atom is -0.240 e. The molecule has 0 radical (unpaired) electrons. The van der Waals surface area contributed by atoms with E-state index in [2.05, 4.69) is 36.8 Å². The Morgan fingerprint density at radius 3 is 2.70 bits per heavy atom. The summed E-state index contributed by atoms with van der Waals surface area (Å²) in [5.41, 5.74) is 0.930. The van der Waals surface area contributed by atoms with E-state index < -0.39 is 0 Å². The fourth-order valence-corrected chi connectivity index (χ4v) is 1.71. The third kappa shape index (κ3) is 2.22. The van der Waals surface area contributed by atoms with Crippen LogP contribution in [-0.4, -0.2) is 4.98 Å². The van der Waals surface area contributed by atoms with Crippen molar-refractivity contribution in [3.8, 4) is 0 Å². The zero-order chi connectivity index (χ0) is 7.56. The number of hydrogen-bond donors (Lipinski definition) is 0. The average Bonchev–Trinajstić information content (AvgIpc) is 1.85. The van der Waals surface area contributed by atoms with Gasteiger partial charge in [-0.1, -0.05) is 43.5 Å². The Balaban J connectivity index is 3.06. The number of alkyl halides is 1. The van der Waals surface area contributed by atoms with Crippen molar-refractivity contribution >= 4 is 43.5 Å². The van der Waals surface area contributed by atoms with Gasteiger partial charge in [-0.3, -0.25) is 0 Å². The van der Waals surface area contributed by atoms with E-state index in [9.17, 15) is 0 Å². The molecule has 1 aromatic rings. The predicted molar refractivity (Wildman–Crippen MR) is 49.6 cm³/mol. The zero-order valence-electron chi connectivity index (χ0n) is 4.94. The first-order chi connectivity index (χ1) is 4.72. The molecule has 0 atom stereocenters. The van der Waals surface area contributed by atoms with E-state index in [1.807, 2.05) is 6.07 Å². The first kappa shape index (κ1) is 8.50. The summed E-state index contributed by atoms with van der Waals surface area (Å²) in [6.07, 6.45) is 0. The lowest BCUT2D eigenvalue weighted by Gasteiger charge is -1.95. The molecule has 10 heavy (non-hydrogen) atoms. The summed E-state index contributed by atoms with van der Waals surface area (Å²) >= 11 is 12.3. The van der Waals surface area contributed by atoms with Gasteiger partial charge >= 0.3 is 0 Å². The lowest BCUT2D eigenvalue weighted by molar-refractivity contribution is 1.18. The average molecular weight is 285 g/mol. The molecule has 0 aliphatic heterocycles. The highest BCUT2D eigenvalue weighted by Crippen LogP contribution is 2.17. The summed E-state index contributed by atoms with van der Waals surface area (Å²) in [4.78, 5) is 4.04. The molecule has 1 rings (SSSR count). The van der Waals surface area contributed by atoms with Gasteiger partial charge in [-0.2, -0.15) is 0 Å². The number of hydrogen-bond acceptors (Lipinski definition) is 1. The van der Waals surface area contributed by atoms with Crippen molar-refractivity contribution < 1.29 is 0 Å². The maximum absolute atomic E-state index is 5.67. The van der Waals surface area contributed by atoms with Crippen molar-refractivity contribution in [1.29, 1.82) is 0 Å². The van der Waals surface area contributed by atoms with E-state index in [-0.39, 0.29) is 0 Å². The second-order valence-corrected chi connectivity index (χ2v) is 3.60. The van der Waals surface area contributed by atoms with Crippen LogP contribution in [0, 0.1) is 0 Å². The quantitative estimate of drug-likeness (QED) is 0.569. The molecular weight excluding hydrogens is 281 g/mol. The molecular formula is C6H4Br2ClN. The molecule has 0 spiro atoms. The number of rotatable bonds is 1. The van der Waals surface area contributed by atoms with E-state index >= 15 is 0 Å². The molecule has 0 N–H and O–H groups in total. The summed E-state index contributed by atoms with van der Waals surface area (Å²) in [5, 5.41) is 1.25. The number of halogens is 3. The van der Waals surface area contributed by atoms with Crippen molar-refractivity contribution in [3.05, 3.63) is 27.5 Å². The number of nitrogens with zero attached hydrogens (tertiary/aromatic N) is 1. The molecule has 54 valence electrons. The maximum atomic E-state index is 5.67.